The van der Waals surface area contributed by atoms with E-state index < -0.39 is 0 Å². The van der Waals surface area contributed by atoms with E-state index in [9.17, 15) is 0 Å². The number of hydrogen-bond donors (Lipinski definition) is 1. The third-order valence-corrected chi connectivity index (χ3v) is 5.80. The van der Waals surface area contributed by atoms with E-state index >= 15 is 0 Å². The van der Waals surface area contributed by atoms with E-state index in [0.29, 0.717) is 11.6 Å². The van der Waals surface area contributed by atoms with Crippen LogP contribution >= 0.6 is 11.3 Å². The number of likely N-dealkylation sites (N-methyl/N-ethyl adjacent to an activating group) is 1. The fourth-order valence-corrected chi connectivity index (χ4v) is 4.63. The fourth-order valence-electron chi connectivity index (χ4n) is 3.99. The third-order valence-electron chi connectivity index (χ3n) is 5.00. The van der Waals surface area contributed by atoms with Crippen molar-refractivity contribution in [3.8, 4) is 0 Å². The highest BCUT2D eigenvalue weighted by Gasteiger charge is 2.45. The predicted molar refractivity (Wildman–Crippen MR) is 82.3 cm³/mol. The van der Waals surface area contributed by atoms with Gasteiger partial charge in [0.1, 0.15) is 0 Å². The zero-order valence-corrected chi connectivity index (χ0v) is 13.1. The van der Waals surface area contributed by atoms with Gasteiger partial charge in [-0.15, -0.1) is 11.3 Å². The molecule has 2 aliphatic rings. The number of hydrogen-bond acceptors (Lipinski definition) is 5. The van der Waals surface area contributed by atoms with Crippen LogP contribution in [0.5, 0.6) is 0 Å². The number of nitrogens with zero attached hydrogens (tertiary/aromatic N) is 2. The summed E-state index contributed by atoms with van der Waals surface area (Å²) in [6.07, 6.45) is 8.47. The van der Waals surface area contributed by atoms with Crippen molar-refractivity contribution < 1.29 is 4.74 Å². The van der Waals surface area contributed by atoms with Crippen LogP contribution in [0.2, 0.25) is 0 Å². The van der Waals surface area contributed by atoms with E-state index in [1.165, 1.54) is 30.6 Å². The average molecular weight is 295 g/mol. The van der Waals surface area contributed by atoms with Gasteiger partial charge in [-0.2, -0.15) is 0 Å². The molecule has 0 amide bonds. The lowest BCUT2D eigenvalue weighted by Gasteiger charge is -2.48. The molecule has 0 radical (unpaired) electrons. The van der Waals surface area contributed by atoms with Crippen LogP contribution in [0.15, 0.2) is 11.7 Å². The van der Waals surface area contributed by atoms with Gasteiger partial charge in [-0.1, -0.05) is 12.8 Å². The van der Waals surface area contributed by atoms with Crippen molar-refractivity contribution in [2.45, 2.75) is 43.7 Å². The second-order valence-electron chi connectivity index (χ2n) is 5.92. The summed E-state index contributed by atoms with van der Waals surface area (Å²) < 4.78 is 5.55. The van der Waals surface area contributed by atoms with E-state index in [0.717, 1.165) is 32.7 Å². The second-order valence-corrected chi connectivity index (χ2v) is 6.89. The standard InChI is InChI=1S/C15H25N3OS/c1-16-14(10-13-11-17-12-20-13)15(4-2-3-5-15)18-6-8-19-9-7-18/h11-12,14,16H,2-10H2,1H3. The van der Waals surface area contributed by atoms with Crippen molar-refractivity contribution >= 4 is 11.3 Å². The lowest BCUT2D eigenvalue weighted by molar-refractivity contribution is -0.0346. The summed E-state index contributed by atoms with van der Waals surface area (Å²) >= 11 is 1.78. The number of nitrogens with one attached hydrogen (secondary N) is 1. The molecule has 5 heteroatoms. The number of thiazole rings is 1. The Morgan fingerprint density at radius 2 is 2.15 bits per heavy atom. The smallest absolute Gasteiger partial charge is 0.0794 e. The maximum absolute atomic E-state index is 5.55. The molecule has 1 N–H and O–H groups in total. The van der Waals surface area contributed by atoms with Gasteiger partial charge in [-0.25, -0.2) is 0 Å². The highest BCUT2D eigenvalue weighted by atomic mass is 32.1. The first-order chi connectivity index (χ1) is 9.85. The molecule has 1 saturated carbocycles. The van der Waals surface area contributed by atoms with Crippen LogP contribution in [-0.2, 0) is 11.2 Å². The summed E-state index contributed by atoms with van der Waals surface area (Å²) in [6.45, 7) is 3.94. The van der Waals surface area contributed by atoms with Gasteiger partial charge in [0.05, 0.1) is 18.7 Å². The Morgan fingerprint density at radius 3 is 2.75 bits per heavy atom. The molecule has 1 saturated heterocycles. The van der Waals surface area contributed by atoms with Gasteiger partial charge in [-0.05, 0) is 19.9 Å². The van der Waals surface area contributed by atoms with Gasteiger partial charge in [0.2, 0.25) is 0 Å². The Morgan fingerprint density at radius 1 is 1.40 bits per heavy atom. The quantitative estimate of drug-likeness (QED) is 0.900. The molecule has 1 unspecified atom stereocenters. The monoisotopic (exact) mass is 295 g/mol. The normalized spacial score (nSPS) is 24.9. The van der Waals surface area contributed by atoms with Crippen LogP contribution in [0, 0.1) is 0 Å². The van der Waals surface area contributed by atoms with Gasteiger partial charge in [0.25, 0.3) is 0 Å². The molecule has 4 nitrogen and oxygen atoms in total. The summed E-state index contributed by atoms with van der Waals surface area (Å²) in [5.74, 6) is 0. The zero-order valence-electron chi connectivity index (χ0n) is 12.3. The van der Waals surface area contributed by atoms with Crippen molar-refractivity contribution in [1.82, 2.24) is 15.2 Å². The van der Waals surface area contributed by atoms with E-state index in [1.807, 2.05) is 11.7 Å². The lowest BCUT2D eigenvalue weighted by atomic mass is 9.83. The van der Waals surface area contributed by atoms with Gasteiger partial charge in [0, 0.05) is 42.2 Å². The minimum Gasteiger partial charge on any atom is -0.379 e. The molecule has 2 fully saturated rings. The van der Waals surface area contributed by atoms with Crippen LogP contribution in [-0.4, -0.2) is 54.8 Å². The first-order valence-corrected chi connectivity index (χ1v) is 8.60. The number of rotatable bonds is 5. The van der Waals surface area contributed by atoms with Gasteiger partial charge in [-0.3, -0.25) is 9.88 Å². The molecule has 0 aromatic carbocycles. The van der Waals surface area contributed by atoms with E-state index in [4.69, 9.17) is 4.74 Å². The first-order valence-electron chi connectivity index (χ1n) is 7.72. The maximum atomic E-state index is 5.55. The Kier molecular flexibility index (Phi) is 4.71. The Hall–Kier alpha value is -0.490. The molecule has 20 heavy (non-hydrogen) atoms. The van der Waals surface area contributed by atoms with E-state index in [-0.39, 0.29) is 0 Å². The molecule has 1 aliphatic carbocycles. The van der Waals surface area contributed by atoms with E-state index in [1.54, 1.807) is 11.3 Å². The number of morpholine rings is 1. The zero-order chi connectivity index (χ0) is 13.8. The molecule has 1 aromatic heterocycles. The topological polar surface area (TPSA) is 37.4 Å². The Balaban J connectivity index is 1.79. The highest BCUT2D eigenvalue weighted by Crippen LogP contribution is 2.39. The van der Waals surface area contributed by atoms with Crippen molar-refractivity contribution in [1.29, 1.82) is 0 Å². The molecule has 2 heterocycles. The summed E-state index contributed by atoms with van der Waals surface area (Å²) in [6, 6.07) is 0.517. The van der Waals surface area contributed by atoms with Crippen LogP contribution in [0.4, 0.5) is 0 Å². The highest BCUT2D eigenvalue weighted by molar-refractivity contribution is 7.09. The molecule has 1 aliphatic heterocycles. The molecular formula is C15H25N3OS. The van der Waals surface area contributed by atoms with Gasteiger partial charge >= 0.3 is 0 Å². The molecule has 0 spiro atoms. The second kappa shape index (κ2) is 6.52. The summed E-state index contributed by atoms with van der Waals surface area (Å²) in [5, 5.41) is 3.62. The molecule has 1 atom stereocenters. The maximum Gasteiger partial charge on any atom is 0.0794 e. The van der Waals surface area contributed by atoms with Crippen LogP contribution < -0.4 is 5.32 Å². The summed E-state index contributed by atoms with van der Waals surface area (Å²) in [4.78, 5) is 8.32. The molecular weight excluding hydrogens is 270 g/mol. The molecule has 1 aromatic rings. The van der Waals surface area contributed by atoms with Crippen LogP contribution in [0.1, 0.15) is 30.6 Å². The predicted octanol–water partition coefficient (Wildman–Crippen LogP) is 1.92. The molecule has 0 bridgehead atoms. The van der Waals surface area contributed by atoms with Crippen LogP contribution in [0.25, 0.3) is 0 Å². The molecule has 3 rings (SSSR count). The minimum atomic E-state index is 0.322. The Labute approximate surface area is 125 Å². The first kappa shape index (κ1) is 14.4. The fraction of sp³-hybridized carbons (Fsp3) is 0.800. The van der Waals surface area contributed by atoms with Crippen molar-refractivity contribution in [3.63, 3.8) is 0 Å². The third kappa shape index (κ3) is 2.77. The van der Waals surface area contributed by atoms with Gasteiger partial charge in [0.15, 0.2) is 0 Å². The van der Waals surface area contributed by atoms with Crippen molar-refractivity contribution in [2.75, 3.05) is 33.4 Å². The SMILES string of the molecule is CNC(Cc1cncs1)C1(N2CCOCC2)CCCC1. The van der Waals surface area contributed by atoms with Crippen molar-refractivity contribution in [2.24, 2.45) is 0 Å². The van der Waals surface area contributed by atoms with Crippen molar-refractivity contribution in [3.05, 3.63) is 16.6 Å². The van der Waals surface area contributed by atoms with Gasteiger partial charge < -0.3 is 10.1 Å². The minimum absolute atomic E-state index is 0.322. The average Bonchev–Trinajstić information content (AvgIpc) is 3.18. The van der Waals surface area contributed by atoms with Crippen LogP contribution in [0.3, 0.4) is 0 Å². The van der Waals surface area contributed by atoms with E-state index in [2.05, 4.69) is 22.2 Å². The lowest BCUT2D eigenvalue weighted by Crippen LogP contribution is -2.62. The number of ether oxygens (including phenoxy) is 1. The summed E-state index contributed by atoms with van der Waals surface area (Å²) in [5.41, 5.74) is 2.26. The largest absolute Gasteiger partial charge is 0.379 e. The Bertz CT molecular complexity index is 397. The molecule has 112 valence electrons. The summed E-state index contributed by atoms with van der Waals surface area (Å²) in [7, 11) is 2.12. The number of aromatic nitrogens is 1.